The molecule has 0 fully saturated rings. The number of aliphatic hydroxyl groups excluding tert-OH is 2. The molecule has 0 heterocycles. The Bertz CT molecular complexity index is 373. The molecule has 3 N–H and O–H groups in total. The molecule has 0 aromatic heterocycles. The molecular weight excluding hydrogens is 273 g/mol. The van der Waals surface area contributed by atoms with Crippen molar-refractivity contribution < 1.29 is 15.1 Å². The van der Waals surface area contributed by atoms with Crippen LogP contribution in [-0.4, -0.2) is 35.5 Å². The van der Waals surface area contributed by atoms with Gasteiger partial charge in [-0.2, -0.15) is 0 Å². The molecule has 0 spiro atoms. The van der Waals surface area contributed by atoms with Crippen LogP contribution in [-0.2, 0) is 6.54 Å². The molecule has 102 valence electrons. The standard InChI is InChI=1S/C13H19Cl2NO2/c1-9(17)6-16(7-10(2)18)8-11-3-4-12(14)13(15)5-11/h3-5,9-10,17-18H,6-8H2,1-2H3/p+1/t9-,10+. The minimum atomic E-state index is -0.401. The molecule has 1 aromatic rings. The molecule has 18 heavy (non-hydrogen) atoms. The van der Waals surface area contributed by atoms with Gasteiger partial charge in [-0.05, 0) is 26.0 Å². The van der Waals surface area contributed by atoms with E-state index in [2.05, 4.69) is 0 Å². The van der Waals surface area contributed by atoms with Gasteiger partial charge in [-0.25, -0.2) is 0 Å². The minimum absolute atomic E-state index is 0.401. The summed E-state index contributed by atoms with van der Waals surface area (Å²) < 4.78 is 0. The number of nitrogens with one attached hydrogen (secondary N) is 1. The highest BCUT2D eigenvalue weighted by Gasteiger charge is 2.15. The van der Waals surface area contributed by atoms with Crippen molar-refractivity contribution in [3.63, 3.8) is 0 Å². The normalized spacial score (nSPS) is 16.3. The van der Waals surface area contributed by atoms with E-state index in [1.54, 1.807) is 19.9 Å². The molecule has 0 saturated carbocycles. The first-order valence-corrected chi connectivity index (χ1v) is 6.77. The van der Waals surface area contributed by atoms with Gasteiger partial charge in [-0.15, -0.1) is 0 Å². The lowest BCUT2D eigenvalue weighted by Gasteiger charge is -2.22. The van der Waals surface area contributed by atoms with Crippen molar-refractivity contribution in [3.05, 3.63) is 33.8 Å². The van der Waals surface area contributed by atoms with E-state index in [9.17, 15) is 10.2 Å². The van der Waals surface area contributed by atoms with Gasteiger partial charge in [-0.3, -0.25) is 0 Å². The van der Waals surface area contributed by atoms with Gasteiger partial charge in [-0.1, -0.05) is 29.3 Å². The Morgan fingerprint density at radius 1 is 1.06 bits per heavy atom. The molecular formula is C13H20Cl2NO2+. The Balaban J connectivity index is 2.71. The summed E-state index contributed by atoms with van der Waals surface area (Å²) in [7, 11) is 0. The minimum Gasteiger partial charge on any atom is -0.388 e. The first kappa shape index (κ1) is 15.7. The van der Waals surface area contributed by atoms with Crippen LogP contribution in [0, 0.1) is 0 Å². The average molecular weight is 293 g/mol. The zero-order valence-corrected chi connectivity index (χ0v) is 12.2. The van der Waals surface area contributed by atoms with Crippen molar-refractivity contribution >= 4 is 23.2 Å². The second-order valence-corrected chi connectivity index (χ2v) is 5.60. The zero-order chi connectivity index (χ0) is 13.7. The van der Waals surface area contributed by atoms with E-state index in [4.69, 9.17) is 23.2 Å². The summed E-state index contributed by atoms with van der Waals surface area (Å²) in [6, 6.07) is 5.51. The molecule has 0 saturated heterocycles. The molecule has 0 radical (unpaired) electrons. The Hall–Kier alpha value is -0.320. The van der Waals surface area contributed by atoms with Crippen molar-refractivity contribution in [2.75, 3.05) is 13.1 Å². The number of hydrogen-bond donors (Lipinski definition) is 3. The molecule has 5 heteroatoms. The Kier molecular flexibility index (Phi) is 6.39. The lowest BCUT2D eigenvalue weighted by atomic mass is 10.2. The second kappa shape index (κ2) is 7.31. The molecule has 0 aliphatic rings. The van der Waals surface area contributed by atoms with Crippen molar-refractivity contribution in [1.82, 2.24) is 0 Å². The predicted octanol–water partition coefficient (Wildman–Crippen LogP) is 1.14. The van der Waals surface area contributed by atoms with E-state index < -0.39 is 12.2 Å². The van der Waals surface area contributed by atoms with E-state index in [-0.39, 0.29) is 0 Å². The number of hydrogen-bond acceptors (Lipinski definition) is 2. The largest absolute Gasteiger partial charge is 0.388 e. The van der Waals surface area contributed by atoms with E-state index in [1.165, 1.54) is 0 Å². The van der Waals surface area contributed by atoms with Crippen LogP contribution < -0.4 is 4.90 Å². The van der Waals surface area contributed by atoms with Crippen LogP contribution in [0.2, 0.25) is 10.0 Å². The zero-order valence-electron chi connectivity index (χ0n) is 10.7. The summed E-state index contributed by atoms with van der Waals surface area (Å²) in [5.41, 5.74) is 1.04. The summed E-state index contributed by atoms with van der Waals surface area (Å²) >= 11 is 11.8. The molecule has 0 aliphatic heterocycles. The van der Waals surface area contributed by atoms with Gasteiger partial charge >= 0.3 is 0 Å². The fourth-order valence-corrected chi connectivity index (χ4v) is 2.32. The van der Waals surface area contributed by atoms with Crippen LogP contribution in [0.5, 0.6) is 0 Å². The molecule has 0 amide bonds. The highest BCUT2D eigenvalue weighted by atomic mass is 35.5. The molecule has 1 rings (SSSR count). The number of quaternary nitrogens is 1. The average Bonchev–Trinajstić information content (AvgIpc) is 2.21. The Morgan fingerprint density at radius 3 is 2.06 bits per heavy atom. The monoisotopic (exact) mass is 292 g/mol. The summed E-state index contributed by atoms with van der Waals surface area (Å²) in [6.45, 7) is 5.37. The van der Waals surface area contributed by atoms with Crippen LogP contribution in [0.15, 0.2) is 18.2 Å². The second-order valence-electron chi connectivity index (χ2n) is 4.78. The number of halogens is 2. The third kappa shape index (κ3) is 5.55. The summed E-state index contributed by atoms with van der Waals surface area (Å²) in [5.74, 6) is 0. The van der Waals surface area contributed by atoms with Crippen LogP contribution in [0.25, 0.3) is 0 Å². The first-order valence-electron chi connectivity index (χ1n) is 6.02. The Morgan fingerprint density at radius 2 is 1.61 bits per heavy atom. The third-order valence-corrected chi connectivity index (χ3v) is 3.35. The first-order chi connectivity index (χ1) is 8.38. The molecule has 3 nitrogen and oxygen atoms in total. The third-order valence-electron chi connectivity index (χ3n) is 2.61. The molecule has 3 atom stereocenters. The fraction of sp³-hybridized carbons (Fsp3) is 0.538. The lowest BCUT2D eigenvalue weighted by molar-refractivity contribution is -0.919. The van der Waals surface area contributed by atoms with Gasteiger partial charge in [0.15, 0.2) is 0 Å². The van der Waals surface area contributed by atoms with Gasteiger partial charge < -0.3 is 15.1 Å². The number of aliphatic hydroxyl groups is 2. The van der Waals surface area contributed by atoms with Gasteiger partial charge in [0.2, 0.25) is 0 Å². The number of rotatable bonds is 6. The van der Waals surface area contributed by atoms with Crippen molar-refractivity contribution in [1.29, 1.82) is 0 Å². The van der Waals surface area contributed by atoms with E-state index in [0.717, 1.165) is 10.5 Å². The summed E-state index contributed by atoms with van der Waals surface area (Å²) in [6.07, 6.45) is -0.803. The molecule has 0 bridgehead atoms. The van der Waals surface area contributed by atoms with E-state index >= 15 is 0 Å². The lowest BCUT2D eigenvalue weighted by Crippen LogP contribution is -3.12. The molecule has 1 unspecified atom stereocenters. The fourth-order valence-electron chi connectivity index (χ4n) is 2.00. The highest BCUT2D eigenvalue weighted by Crippen LogP contribution is 2.22. The quantitative estimate of drug-likeness (QED) is 0.736. The van der Waals surface area contributed by atoms with Crippen LogP contribution in [0.3, 0.4) is 0 Å². The summed E-state index contributed by atoms with van der Waals surface area (Å²) in [4.78, 5) is 1.11. The maximum absolute atomic E-state index is 9.46. The van der Waals surface area contributed by atoms with Gasteiger partial charge in [0, 0.05) is 5.56 Å². The summed E-state index contributed by atoms with van der Waals surface area (Å²) in [5, 5.41) is 20.0. The highest BCUT2D eigenvalue weighted by molar-refractivity contribution is 6.41. The topological polar surface area (TPSA) is 44.9 Å². The maximum Gasteiger partial charge on any atom is 0.103 e. The van der Waals surface area contributed by atoms with Crippen LogP contribution >= 0.6 is 23.2 Å². The molecule has 1 aromatic carbocycles. The van der Waals surface area contributed by atoms with Crippen LogP contribution in [0.4, 0.5) is 0 Å². The van der Waals surface area contributed by atoms with Gasteiger partial charge in [0.05, 0.1) is 10.0 Å². The van der Waals surface area contributed by atoms with Crippen molar-refractivity contribution in [2.24, 2.45) is 0 Å². The van der Waals surface area contributed by atoms with Gasteiger partial charge in [0.25, 0.3) is 0 Å². The maximum atomic E-state index is 9.46. The van der Waals surface area contributed by atoms with Gasteiger partial charge in [0.1, 0.15) is 31.8 Å². The van der Waals surface area contributed by atoms with Crippen molar-refractivity contribution in [3.8, 4) is 0 Å². The van der Waals surface area contributed by atoms with E-state index in [0.29, 0.717) is 29.7 Å². The van der Waals surface area contributed by atoms with E-state index in [1.807, 2.05) is 12.1 Å². The number of benzene rings is 1. The molecule has 0 aliphatic carbocycles. The smallest absolute Gasteiger partial charge is 0.103 e. The Labute approximate surface area is 118 Å². The SMILES string of the molecule is C[C@H](O)C[NH+](Cc1ccc(Cl)c(Cl)c1)C[C@@H](C)O. The van der Waals surface area contributed by atoms with Crippen molar-refractivity contribution in [2.45, 2.75) is 32.6 Å². The predicted molar refractivity (Wildman–Crippen MR) is 74.2 cm³/mol. The van der Waals surface area contributed by atoms with Crippen LogP contribution in [0.1, 0.15) is 19.4 Å².